The first kappa shape index (κ1) is 23.3. The van der Waals surface area contributed by atoms with Crippen molar-refractivity contribution in [3.05, 3.63) is 81.9 Å². The third-order valence-electron chi connectivity index (χ3n) is 6.63. The molecule has 0 bridgehead atoms. The summed E-state index contributed by atoms with van der Waals surface area (Å²) in [5.74, 6) is -0.374. The Labute approximate surface area is 207 Å². The average Bonchev–Trinajstić information content (AvgIpc) is 3.42. The summed E-state index contributed by atoms with van der Waals surface area (Å²) in [5, 5.41) is 14.6. The van der Waals surface area contributed by atoms with Crippen LogP contribution in [0.5, 0.6) is 0 Å². The van der Waals surface area contributed by atoms with Gasteiger partial charge in [-0.15, -0.1) is 0 Å². The number of para-hydroxylation sites is 1. The monoisotopic (exact) mass is 490 g/mol. The van der Waals surface area contributed by atoms with Crippen LogP contribution >= 0.6 is 0 Å². The Kier molecular flexibility index (Phi) is 6.52. The molecule has 0 aliphatic carbocycles. The van der Waals surface area contributed by atoms with Crippen LogP contribution in [0, 0.1) is 10.1 Å². The molecule has 2 aromatic carbocycles. The van der Waals surface area contributed by atoms with Crippen molar-refractivity contribution in [3.63, 3.8) is 0 Å². The van der Waals surface area contributed by atoms with Crippen LogP contribution in [-0.4, -0.2) is 52.6 Å². The number of fused-ring (bicyclic) bond motifs is 1. The number of cyclic esters (lactones) is 1. The standard InChI is InChI=1S/C25H26N6O5/c32-24(27-10-7-19-14-26-16-28-19)17-5-6-22(23(13-17)31(34)35)29-11-8-20(9-12-29)30-21-4-2-1-3-18(21)15-36-25(30)33/h1-6,13-14,16,20H,7-12,15H2,(H,26,28)(H,27,32). The van der Waals surface area contributed by atoms with E-state index in [1.165, 1.54) is 6.07 Å². The van der Waals surface area contributed by atoms with Crippen molar-refractivity contribution in [2.45, 2.75) is 31.9 Å². The maximum absolute atomic E-state index is 12.6. The molecule has 1 aromatic heterocycles. The minimum absolute atomic E-state index is 0.0613. The molecule has 0 saturated carbocycles. The van der Waals surface area contributed by atoms with Crippen LogP contribution in [0.3, 0.4) is 0 Å². The first-order chi connectivity index (χ1) is 17.5. The molecule has 0 unspecified atom stereocenters. The zero-order valence-corrected chi connectivity index (χ0v) is 19.6. The van der Waals surface area contributed by atoms with Crippen molar-refractivity contribution < 1.29 is 19.2 Å². The van der Waals surface area contributed by atoms with Crippen molar-refractivity contribution in [1.29, 1.82) is 0 Å². The zero-order valence-electron chi connectivity index (χ0n) is 19.6. The number of nitro groups is 1. The first-order valence-electron chi connectivity index (χ1n) is 11.8. The second kappa shape index (κ2) is 10.1. The van der Waals surface area contributed by atoms with Crippen molar-refractivity contribution in [2.75, 3.05) is 29.4 Å². The van der Waals surface area contributed by atoms with E-state index in [4.69, 9.17) is 4.74 Å². The lowest BCUT2D eigenvalue weighted by molar-refractivity contribution is -0.384. The minimum Gasteiger partial charge on any atom is -0.444 e. The van der Waals surface area contributed by atoms with Gasteiger partial charge < -0.3 is 19.9 Å². The first-order valence-corrected chi connectivity index (χ1v) is 11.8. The lowest BCUT2D eigenvalue weighted by atomic mass is 9.99. The normalized spacial score (nSPS) is 15.8. The van der Waals surface area contributed by atoms with E-state index in [0.29, 0.717) is 44.6 Å². The lowest BCUT2D eigenvalue weighted by Gasteiger charge is -2.40. The number of imidazole rings is 1. The Morgan fingerprint density at radius 2 is 2.00 bits per heavy atom. The number of ether oxygens (including phenoxy) is 1. The van der Waals surface area contributed by atoms with Crippen molar-refractivity contribution in [1.82, 2.24) is 15.3 Å². The van der Waals surface area contributed by atoms with Crippen molar-refractivity contribution in [3.8, 4) is 0 Å². The van der Waals surface area contributed by atoms with Crippen molar-refractivity contribution >= 4 is 29.1 Å². The van der Waals surface area contributed by atoms with E-state index in [2.05, 4.69) is 15.3 Å². The number of H-pyrrole nitrogens is 1. The summed E-state index contributed by atoms with van der Waals surface area (Å²) in [5.41, 5.74) is 3.23. The Morgan fingerprint density at radius 3 is 2.75 bits per heavy atom. The van der Waals surface area contributed by atoms with Gasteiger partial charge in [0.05, 0.1) is 22.6 Å². The van der Waals surface area contributed by atoms with Crippen LogP contribution in [0.4, 0.5) is 21.9 Å². The molecule has 11 heteroatoms. The number of benzene rings is 2. The number of amides is 2. The molecule has 3 heterocycles. The molecule has 0 atom stereocenters. The summed E-state index contributed by atoms with van der Waals surface area (Å²) < 4.78 is 5.36. The molecular formula is C25H26N6O5. The number of nitro benzene ring substituents is 1. The maximum Gasteiger partial charge on any atom is 0.414 e. The van der Waals surface area contributed by atoms with Gasteiger partial charge in [-0.3, -0.25) is 19.8 Å². The Hall–Kier alpha value is -4.41. The van der Waals surface area contributed by atoms with E-state index < -0.39 is 4.92 Å². The van der Waals surface area contributed by atoms with Gasteiger partial charge in [0.15, 0.2) is 0 Å². The van der Waals surface area contributed by atoms with Crippen LogP contribution < -0.4 is 15.1 Å². The summed E-state index contributed by atoms with van der Waals surface area (Å²) in [7, 11) is 0. The maximum atomic E-state index is 12.6. The summed E-state index contributed by atoms with van der Waals surface area (Å²) in [6.45, 7) is 1.70. The fraction of sp³-hybridized carbons (Fsp3) is 0.320. The number of carbonyl (C=O) groups excluding carboxylic acids is 2. The van der Waals surface area contributed by atoms with Gasteiger partial charge in [0.1, 0.15) is 12.3 Å². The number of piperidine rings is 1. The van der Waals surface area contributed by atoms with Crippen LogP contribution in [0.15, 0.2) is 55.0 Å². The predicted molar refractivity (Wildman–Crippen MR) is 132 cm³/mol. The summed E-state index contributed by atoms with van der Waals surface area (Å²) in [6, 6.07) is 12.2. The van der Waals surface area contributed by atoms with Gasteiger partial charge in [0.25, 0.3) is 11.6 Å². The Morgan fingerprint density at radius 1 is 1.19 bits per heavy atom. The molecule has 36 heavy (non-hydrogen) atoms. The van der Waals surface area contributed by atoms with Gasteiger partial charge >= 0.3 is 6.09 Å². The minimum atomic E-state index is -0.458. The fourth-order valence-electron chi connectivity index (χ4n) is 4.80. The van der Waals surface area contributed by atoms with Gasteiger partial charge in [-0.25, -0.2) is 9.78 Å². The van der Waals surface area contributed by atoms with Crippen LogP contribution in [0.2, 0.25) is 0 Å². The van der Waals surface area contributed by atoms with Crippen LogP contribution in [-0.2, 0) is 17.8 Å². The van der Waals surface area contributed by atoms with E-state index >= 15 is 0 Å². The molecule has 0 spiro atoms. The number of carbonyl (C=O) groups is 2. The lowest BCUT2D eigenvalue weighted by Crippen LogP contribution is -2.49. The highest BCUT2D eigenvalue weighted by molar-refractivity contribution is 5.96. The van der Waals surface area contributed by atoms with Crippen molar-refractivity contribution in [2.24, 2.45) is 0 Å². The third-order valence-corrected chi connectivity index (χ3v) is 6.63. The van der Waals surface area contributed by atoms with Gasteiger partial charge in [-0.05, 0) is 31.0 Å². The van der Waals surface area contributed by atoms with E-state index in [0.717, 1.165) is 16.9 Å². The van der Waals surface area contributed by atoms with Gasteiger partial charge in [0, 0.05) is 55.5 Å². The molecule has 186 valence electrons. The van der Waals surface area contributed by atoms with E-state index in [1.54, 1.807) is 29.6 Å². The number of anilines is 2. The summed E-state index contributed by atoms with van der Waals surface area (Å²) in [6.07, 6.45) is 4.78. The average molecular weight is 491 g/mol. The summed E-state index contributed by atoms with van der Waals surface area (Å²) in [4.78, 5) is 47.1. The second-order valence-electron chi connectivity index (χ2n) is 8.80. The quantitative estimate of drug-likeness (QED) is 0.383. The van der Waals surface area contributed by atoms with Gasteiger partial charge in [0.2, 0.25) is 0 Å². The number of aromatic amines is 1. The third kappa shape index (κ3) is 4.72. The van der Waals surface area contributed by atoms with Crippen LogP contribution in [0.1, 0.15) is 34.5 Å². The van der Waals surface area contributed by atoms with Gasteiger partial charge in [-0.1, -0.05) is 18.2 Å². The molecule has 2 aliphatic heterocycles. The van der Waals surface area contributed by atoms with E-state index in [-0.39, 0.29) is 35.9 Å². The molecule has 1 saturated heterocycles. The number of hydrogen-bond donors (Lipinski definition) is 2. The molecule has 5 rings (SSSR count). The number of nitrogens with one attached hydrogen (secondary N) is 2. The number of hydrogen-bond acceptors (Lipinski definition) is 7. The fourth-order valence-corrected chi connectivity index (χ4v) is 4.80. The molecule has 3 aromatic rings. The highest BCUT2D eigenvalue weighted by atomic mass is 16.6. The van der Waals surface area contributed by atoms with E-state index in [1.807, 2.05) is 29.2 Å². The zero-order chi connectivity index (χ0) is 25.1. The smallest absolute Gasteiger partial charge is 0.414 e. The molecule has 0 radical (unpaired) electrons. The summed E-state index contributed by atoms with van der Waals surface area (Å²) >= 11 is 0. The SMILES string of the molecule is O=C(NCCc1c[nH]cn1)c1ccc(N2CCC(N3C(=O)OCc4ccccc43)CC2)c([N+](=O)[O-])c1. The second-order valence-corrected chi connectivity index (χ2v) is 8.80. The largest absolute Gasteiger partial charge is 0.444 e. The Balaban J connectivity index is 1.26. The molecular weight excluding hydrogens is 464 g/mol. The highest BCUT2D eigenvalue weighted by Crippen LogP contribution is 2.35. The number of nitrogens with zero attached hydrogens (tertiary/aromatic N) is 4. The highest BCUT2D eigenvalue weighted by Gasteiger charge is 2.35. The molecule has 1 fully saturated rings. The molecule has 2 N–H and O–H groups in total. The predicted octanol–water partition coefficient (Wildman–Crippen LogP) is 3.42. The molecule has 11 nitrogen and oxygen atoms in total. The Bertz CT molecular complexity index is 1270. The van der Waals surface area contributed by atoms with Gasteiger partial charge in [-0.2, -0.15) is 0 Å². The topological polar surface area (TPSA) is 134 Å². The number of aromatic nitrogens is 2. The van der Waals surface area contributed by atoms with Crippen LogP contribution in [0.25, 0.3) is 0 Å². The molecule has 2 amide bonds. The van der Waals surface area contributed by atoms with E-state index in [9.17, 15) is 19.7 Å². The molecule has 2 aliphatic rings. The number of rotatable bonds is 7.